The first-order valence-corrected chi connectivity index (χ1v) is 11.9. The Balaban J connectivity index is 1.60. The molecule has 0 saturated heterocycles. The van der Waals surface area contributed by atoms with Gasteiger partial charge in [0, 0.05) is 17.9 Å². The number of nitro benzene ring substituents is 1. The van der Waals surface area contributed by atoms with Gasteiger partial charge in [-0.25, -0.2) is 4.79 Å². The van der Waals surface area contributed by atoms with Crippen molar-refractivity contribution < 1.29 is 24.1 Å². The minimum absolute atomic E-state index is 0.0398. The Morgan fingerprint density at radius 3 is 2.53 bits per heavy atom. The fourth-order valence-corrected chi connectivity index (χ4v) is 5.80. The van der Waals surface area contributed by atoms with Gasteiger partial charge in [-0.15, -0.1) is 0 Å². The molecule has 2 unspecified atom stereocenters. The summed E-state index contributed by atoms with van der Waals surface area (Å²) < 4.78 is 5.42. The van der Waals surface area contributed by atoms with Crippen LogP contribution >= 0.6 is 11.6 Å². The highest BCUT2D eigenvalue weighted by molar-refractivity contribution is 6.32. The molecule has 2 saturated carbocycles. The zero-order valence-electron chi connectivity index (χ0n) is 20.8. The van der Waals surface area contributed by atoms with E-state index >= 15 is 0 Å². The second kappa shape index (κ2) is 8.89. The summed E-state index contributed by atoms with van der Waals surface area (Å²) in [7, 11) is 1.55. The number of halogens is 1. The Bertz CT molecular complexity index is 1310. The zero-order valence-corrected chi connectivity index (χ0v) is 21.6. The Kier molecular flexibility index (Phi) is 6.33. The molecule has 36 heavy (non-hydrogen) atoms. The highest BCUT2D eigenvalue weighted by Gasteiger charge is 2.71. The number of amides is 1. The van der Waals surface area contributed by atoms with Crippen molar-refractivity contribution >= 4 is 40.6 Å². The Morgan fingerprint density at radius 2 is 1.86 bits per heavy atom. The van der Waals surface area contributed by atoms with Crippen molar-refractivity contribution in [2.45, 2.75) is 47.0 Å². The molecule has 190 valence electrons. The fourth-order valence-electron chi connectivity index (χ4n) is 5.61. The number of oxime groups is 1. The molecule has 4 rings (SSSR count). The normalized spacial score (nSPS) is 25.0. The van der Waals surface area contributed by atoms with Crippen LogP contribution in [0.3, 0.4) is 0 Å². The van der Waals surface area contributed by atoms with E-state index in [4.69, 9.17) is 21.2 Å². The summed E-state index contributed by atoms with van der Waals surface area (Å²) in [6.45, 7) is 8.05. The van der Waals surface area contributed by atoms with Crippen molar-refractivity contribution in [3.8, 4) is 5.75 Å². The van der Waals surface area contributed by atoms with Crippen molar-refractivity contribution in [2.75, 3.05) is 12.4 Å². The molecule has 2 aromatic rings. The number of nitrogens with zero attached hydrogens (tertiary/aromatic N) is 2. The van der Waals surface area contributed by atoms with Gasteiger partial charge in [-0.1, -0.05) is 43.6 Å². The monoisotopic (exact) mass is 513 g/mol. The summed E-state index contributed by atoms with van der Waals surface area (Å²) in [6, 6.07) is 9.26. The number of rotatable bonds is 6. The van der Waals surface area contributed by atoms with Crippen molar-refractivity contribution in [1.82, 2.24) is 0 Å². The third-order valence-electron chi connectivity index (χ3n) is 8.39. The number of hydrogen-bond donors (Lipinski definition) is 1. The molecule has 10 heteroatoms. The number of nitro groups is 1. The minimum atomic E-state index is -0.838. The number of carbonyl (C=O) groups excluding carboxylic acids is 2. The lowest BCUT2D eigenvalue weighted by Crippen LogP contribution is -2.43. The van der Waals surface area contributed by atoms with Gasteiger partial charge in [-0.05, 0) is 55.0 Å². The summed E-state index contributed by atoms with van der Waals surface area (Å²) >= 11 is 5.83. The summed E-state index contributed by atoms with van der Waals surface area (Å²) in [5.74, 6) is -0.402. The van der Waals surface area contributed by atoms with Crippen LogP contribution < -0.4 is 10.1 Å². The topological polar surface area (TPSA) is 120 Å². The van der Waals surface area contributed by atoms with Crippen LogP contribution in [0.15, 0.2) is 41.6 Å². The molecule has 1 amide bonds. The van der Waals surface area contributed by atoms with E-state index in [0.717, 1.165) is 11.6 Å². The quantitative estimate of drug-likeness (QED) is 0.290. The van der Waals surface area contributed by atoms with E-state index in [1.165, 1.54) is 12.1 Å². The van der Waals surface area contributed by atoms with Crippen LogP contribution in [-0.2, 0) is 9.63 Å². The molecular formula is C26H28ClN3O6. The average molecular weight is 514 g/mol. The molecule has 0 aromatic heterocycles. The van der Waals surface area contributed by atoms with Crippen molar-refractivity contribution in [3.63, 3.8) is 0 Å². The summed E-state index contributed by atoms with van der Waals surface area (Å²) in [5, 5.41) is 18.3. The lowest BCUT2D eigenvalue weighted by Gasteiger charge is -2.39. The molecule has 2 atom stereocenters. The predicted molar refractivity (Wildman–Crippen MR) is 135 cm³/mol. The highest BCUT2D eigenvalue weighted by atomic mass is 35.5. The van der Waals surface area contributed by atoms with E-state index in [1.54, 1.807) is 7.11 Å². The molecule has 0 radical (unpaired) electrons. The lowest BCUT2D eigenvalue weighted by molar-refractivity contribution is -0.384. The van der Waals surface area contributed by atoms with Gasteiger partial charge in [0.05, 0.1) is 34.4 Å². The number of anilines is 1. The summed E-state index contributed by atoms with van der Waals surface area (Å²) in [6.07, 6.45) is 1.68. The van der Waals surface area contributed by atoms with Gasteiger partial charge in [0.25, 0.3) is 5.69 Å². The Morgan fingerprint density at radius 1 is 1.14 bits per heavy atom. The molecular weight excluding hydrogens is 486 g/mol. The van der Waals surface area contributed by atoms with Gasteiger partial charge in [-0.3, -0.25) is 14.9 Å². The first-order valence-electron chi connectivity index (χ1n) is 11.5. The SMILES string of the molecule is COc1ccc(C)cc1NC(=O)C12CCC(C)(C(=NOC(=O)c3ccc(Cl)c([N+](=O)[O-])c3)C1)C2(C)C. The van der Waals surface area contributed by atoms with Crippen molar-refractivity contribution in [1.29, 1.82) is 0 Å². The summed E-state index contributed by atoms with van der Waals surface area (Å²) in [4.78, 5) is 42.1. The van der Waals surface area contributed by atoms with E-state index in [-0.39, 0.29) is 16.5 Å². The van der Waals surface area contributed by atoms with Crippen LogP contribution in [0.25, 0.3) is 0 Å². The molecule has 0 spiro atoms. The number of methoxy groups -OCH3 is 1. The third-order valence-corrected chi connectivity index (χ3v) is 8.71. The fraction of sp³-hybridized carbons (Fsp3) is 0.423. The number of benzene rings is 2. The predicted octanol–water partition coefficient (Wildman–Crippen LogP) is 5.93. The van der Waals surface area contributed by atoms with Crippen LogP contribution in [0, 0.1) is 33.3 Å². The summed E-state index contributed by atoms with van der Waals surface area (Å²) in [5.41, 5.74) is 0.0435. The van der Waals surface area contributed by atoms with Gasteiger partial charge in [0.2, 0.25) is 5.91 Å². The lowest BCUT2D eigenvalue weighted by atomic mass is 9.64. The molecule has 0 heterocycles. The largest absolute Gasteiger partial charge is 0.495 e. The van der Waals surface area contributed by atoms with Gasteiger partial charge >= 0.3 is 5.97 Å². The Labute approximate surface area is 213 Å². The Hall–Kier alpha value is -3.46. The van der Waals surface area contributed by atoms with Crippen LogP contribution in [-0.4, -0.2) is 29.6 Å². The standard InChI is InChI=1S/C26H28ClN3O6/c1-15-6-9-20(35-5)18(12-15)28-23(32)26-11-10-25(4,24(26,2)3)21(14-26)29-36-22(31)16-7-8-17(27)19(13-16)30(33)34/h6-9,12-13H,10-11,14H2,1-5H3,(H,28,32). The number of nitrogens with one attached hydrogen (secondary N) is 1. The molecule has 2 aliphatic carbocycles. The molecule has 2 fully saturated rings. The minimum Gasteiger partial charge on any atom is -0.495 e. The number of ether oxygens (including phenoxy) is 1. The second-order valence-electron chi connectivity index (χ2n) is 10.2. The van der Waals surface area contributed by atoms with E-state index < -0.39 is 32.8 Å². The molecule has 2 aromatic carbocycles. The van der Waals surface area contributed by atoms with Gasteiger partial charge in [-0.2, -0.15) is 0 Å². The van der Waals surface area contributed by atoms with Crippen molar-refractivity contribution in [3.05, 3.63) is 62.7 Å². The van der Waals surface area contributed by atoms with Crippen LogP contribution in [0.5, 0.6) is 5.75 Å². The molecule has 1 N–H and O–H groups in total. The first-order chi connectivity index (χ1) is 16.9. The molecule has 2 bridgehead atoms. The number of aryl methyl sites for hydroxylation is 1. The zero-order chi connectivity index (χ0) is 26.5. The van der Waals surface area contributed by atoms with Crippen LogP contribution in [0.4, 0.5) is 11.4 Å². The van der Waals surface area contributed by atoms with Gasteiger partial charge < -0.3 is 14.9 Å². The average Bonchev–Trinajstić information content (AvgIpc) is 3.13. The van der Waals surface area contributed by atoms with Gasteiger partial charge in [0.1, 0.15) is 10.8 Å². The number of hydrogen-bond acceptors (Lipinski definition) is 7. The molecule has 2 aliphatic rings. The smallest absolute Gasteiger partial charge is 0.365 e. The van der Waals surface area contributed by atoms with Crippen LogP contribution in [0.2, 0.25) is 5.02 Å². The number of fused-ring (bicyclic) bond motifs is 2. The maximum atomic E-state index is 13.8. The highest BCUT2D eigenvalue weighted by Crippen LogP contribution is 2.71. The molecule has 0 aliphatic heterocycles. The van der Waals surface area contributed by atoms with Crippen molar-refractivity contribution in [2.24, 2.45) is 21.4 Å². The number of carbonyl (C=O) groups is 2. The second-order valence-corrected chi connectivity index (χ2v) is 10.6. The maximum absolute atomic E-state index is 13.8. The van der Waals surface area contributed by atoms with E-state index in [2.05, 4.69) is 10.5 Å². The van der Waals surface area contributed by atoms with Crippen LogP contribution in [0.1, 0.15) is 56.0 Å². The first kappa shape index (κ1) is 25.6. The third kappa shape index (κ3) is 3.82. The maximum Gasteiger partial charge on any atom is 0.365 e. The molecule has 9 nitrogen and oxygen atoms in total. The van der Waals surface area contributed by atoms with E-state index in [0.29, 0.717) is 36.4 Å². The van der Waals surface area contributed by atoms with E-state index in [9.17, 15) is 19.7 Å². The van der Waals surface area contributed by atoms with Gasteiger partial charge in [0.15, 0.2) is 0 Å². The van der Waals surface area contributed by atoms with E-state index in [1.807, 2.05) is 45.9 Å².